The van der Waals surface area contributed by atoms with Crippen LogP contribution in [0.5, 0.6) is 0 Å². The van der Waals surface area contributed by atoms with Gasteiger partial charge in [0.2, 0.25) is 0 Å². The molecule has 0 saturated carbocycles. The maximum Gasteiger partial charge on any atom is 0.263 e. The normalized spacial score (nSPS) is 16.8. The summed E-state index contributed by atoms with van der Waals surface area (Å²) in [6, 6.07) is 10.3. The molecule has 0 radical (unpaired) electrons. The molecule has 1 fully saturated rings. The van der Waals surface area contributed by atoms with Crippen LogP contribution in [-0.4, -0.2) is 66.3 Å². The largest absolute Gasteiger partial charge is 0.349 e. The van der Waals surface area contributed by atoms with Gasteiger partial charge in [-0.2, -0.15) is 4.98 Å². The first-order valence-corrected chi connectivity index (χ1v) is 8.23. The Bertz CT molecular complexity index is 590. The summed E-state index contributed by atoms with van der Waals surface area (Å²) < 4.78 is 5.34. The molecule has 0 aliphatic carbocycles. The second-order valence-electron chi connectivity index (χ2n) is 6.35. The third-order valence-electron chi connectivity index (χ3n) is 4.23. The van der Waals surface area contributed by atoms with Gasteiger partial charge < -0.3 is 19.6 Å². The predicted molar refractivity (Wildman–Crippen MR) is 91.4 cm³/mol. The van der Waals surface area contributed by atoms with E-state index in [-0.39, 0.29) is 0 Å². The van der Waals surface area contributed by atoms with Crippen LogP contribution in [-0.2, 0) is 0 Å². The number of aromatic nitrogens is 2. The van der Waals surface area contributed by atoms with E-state index in [1.807, 2.05) is 30.3 Å². The number of likely N-dealkylation sites (N-methyl/N-ethyl adjacent to an activating group) is 1. The van der Waals surface area contributed by atoms with E-state index in [4.69, 9.17) is 4.52 Å². The van der Waals surface area contributed by atoms with Crippen molar-refractivity contribution in [3.05, 3.63) is 30.3 Å². The second-order valence-corrected chi connectivity index (χ2v) is 6.35. The number of likely N-dealkylation sites (tertiary alicyclic amines) is 1. The van der Waals surface area contributed by atoms with Gasteiger partial charge in [-0.25, -0.2) is 0 Å². The minimum absolute atomic E-state index is 0.423. The number of piperidine rings is 1. The number of benzene rings is 1. The molecule has 0 unspecified atom stereocenters. The van der Waals surface area contributed by atoms with Crippen LogP contribution in [0.3, 0.4) is 0 Å². The Hall–Kier alpha value is -1.92. The van der Waals surface area contributed by atoms with Crippen molar-refractivity contribution in [2.45, 2.75) is 18.9 Å². The maximum atomic E-state index is 5.34. The molecular formula is C17H25N5O. The molecule has 0 atom stereocenters. The highest BCUT2D eigenvalue weighted by atomic mass is 16.5. The first kappa shape index (κ1) is 16.0. The van der Waals surface area contributed by atoms with Crippen LogP contribution in [0.1, 0.15) is 12.8 Å². The van der Waals surface area contributed by atoms with Crippen molar-refractivity contribution in [3.8, 4) is 11.5 Å². The third-order valence-corrected chi connectivity index (χ3v) is 4.23. The average molecular weight is 315 g/mol. The quantitative estimate of drug-likeness (QED) is 0.882. The highest BCUT2D eigenvalue weighted by molar-refractivity contribution is 5.53. The molecule has 6 heteroatoms. The molecule has 1 aliphatic heterocycles. The minimum atomic E-state index is 0.423. The topological polar surface area (TPSA) is 57.4 Å². The zero-order valence-electron chi connectivity index (χ0n) is 13.9. The summed E-state index contributed by atoms with van der Waals surface area (Å²) in [6.45, 7) is 4.49. The minimum Gasteiger partial charge on any atom is -0.349 e. The van der Waals surface area contributed by atoms with Crippen LogP contribution in [0, 0.1) is 0 Å². The fourth-order valence-corrected chi connectivity index (χ4v) is 2.80. The first-order chi connectivity index (χ1) is 11.2. The number of hydrogen-bond acceptors (Lipinski definition) is 6. The summed E-state index contributed by atoms with van der Waals surface area (Å²) in [5.41, 5.74) is 0.951. The Kier molecular flexibility index (Phi) is 5.25. The lowest BCUT2D eigenvalue weighted by Gasteiger charge is -2.32. The molecule has 1 aliphatic rings. The summed E-state index contributed by atoms with van der Waals surface area (Å²) in [7, 11) is 4.24. The number of rotatable bonds is 6. The molecule has 124 valence electrons. The Morgan fingerprint density at radius 1 is 1.22 bits per heavy atom. The monoisotopic (exact) mass is 315 g/mol. The van der Waals surface area contributed by atoms with Crippen molar-refractivity contribution >= 4 is 5.95 Å². The lowest BCUT2D eigenvalue weighted by atomic mass is 10.1. The van der Waals surface area contributed by atoms with Gasteiger partial charge in [0, 0.05) is 37.8 Å². The molecule has 1 aromatic heterocycles. The summed E-state index contributed by atoms with van der Waals surface area (Å²) >= 11 is 0. The first-order valence-electron chi connectivity index (χ1n) is 8.23. The fourth-order valence-electron chi connectivity index (χ4n) is 2.80. The van der Waals surface area contributed by atoms with E-state index in [9.17, 15) is 0 Å². The molecule has 1 saturated heterocycles. The van der Waals surface area contributed by atoms with E-state index in [0.29, 0.717) is 17.9 Å². The van der Waals surface area contributed by atoms with Crippen molar-refractivity contribution in [2.75, 3.05) is 45.6 Å². The van der Waals surface area contributed by atoms with E-state index in [0.717, 1.165) is 44.6 Å². The van der Waals surface area contributed by atoms with Gasteiger partial charge in [0.15, 0.2) is 0 Å². The molecule has 0 bridgehead atoms. The summed E-state index contributed by atoms with van der Waals surface area (Å²) in [5.74, 6) is 1.16. The Morgan fingerprint density at radius 2 is 1.96 bits per heavy atom. The molecule has 2 heterocycles. The van der Waals surface area contributed by atoms with E-state index in [1.165, 1.54) is 0 Å². The van der Waals surface area contributed by atoms with Gasteiger partial charge in [-0.05, 0) is 44.2 Å². The molecule has 1 aromatic carbocycles. The van der Waals surface area contributed by atoms with Gasteiger partial charge in [0.1, 0.15) is 0 Å². The van der Waals surface area contributed by atoms with Crippen molar-refractivity contribution in [1.29, 1.82) is 0 Å². The van der Waals surface area contributed by atoms with Crippen LogP contribution < -0.4 is 5.32 Å². The van der Waals surface area contributed by atoms with Crippen molar-refractivity contribution < 1.29 is 4.52 Å². The predicted octanol–water partition coefficient (Wildman–Crippen LogP) is 2.17. The SMILES string of the molecule is CN(C)CCN1CCC(Nc2noc(-c3ccccc3)n2)CC1. The molecular weight excluding hydrogens is 290 g/mol. The van der Waals surface area contributed by atoms with Crippen LogP contribution >= 0.6 is 0 Å². The van der Waals surface area contributed by atoms with Gasteiger partial charge in [-0.15, -0.1) is 0 Å². The van der Waals surface area contributed by atoms with E-state index in [2.05, 4.69) is 39.4 Å². The smallest absolute Gasteiger partial charge is 0.263 e. The van der Waals surface area contributed by atoms with E-state index < -0.39 is 0 Å². The zero-order chi connectivity index (χ0) is 16.1. The Morgan fingerprint density at radius 3 is 2.65 bits per heavy atom. The number of hydrogen-bond donors (Lipinski definition) is 1. The van der Waals surface area contributed by atoms with Crippen molar-refractivity contribution in [1.82, 2.24) is 19.9 Å². The van der Waals surface area contributed by atoms with Crippen LogP contribution in [0.25, 0.3) is 11.5 Å². The molecule has 0 spiro atoms. The van der Waals surface area contributed by atoms with Gasteiger partial charge >= 0.3 is 0 Å². The summed E-state index contributed by atoms with van der Waals surface area (Å²) in [4.78, 5) is 9.19. The van der Waals surface area contributed by atoms with Crippen LogP contribution in [0.4, 0.5) is 5.95 Å². The number of anilines is 1. The molecule has 1 N–H and O–H groups in total. The average Bonchev–Trinajstić information content (AvgIpc) is 3.03. The lowest BCUT2D eigenvalue weighted by Crippen LogP contribution is -2.41. The number of nitrogens with zero attached hydrogens (tertiary/aromatic N) is 4. The second kappa shape index (κ2) is 7.57. The molecule has 0 amide bonds. The Balaban J connectivity index is 1.49. The van der Waals surface area contributed by atoms with Crippen LogP contribution in [0.15, 0.2) is 34.9 Å². The van der Waals surface area contributed by atoms with E-state index >= 15 is 0 Å². The van der Waals surface area contributed by atoms with Gasteiger partial charge in [-0.3, -0.25) is 0 Å². The fraction of sp³-hybridized carbons (Fsp3) is 0.529. The summed E-state index contributed by atoms with van der Waals surface area (Å²) in [6.07, 6.45) is 2.23. The van der Waals surface area contributed by atoms with Crippen molar-refractivity contribution in [2.24, 2.45) is 0 Å². The maximum absolute atomic E-state index is 5.34. The Labute approximate surface area is 137 Å². The molecule has 2 aromatic rings. The lowest BCUT2D eigenvalue weighted by molar-refractivity contribution is 0.199. The van der Waals surface area contributed by atoms with Gasteiger partial charge in [-0.1, -0.05) is 18.2 Å². The molecule has 3 rings (SSSR count). The standard InChI is InChI=1S/C17H25N5O/c1-21(2)12-13-22-10-8-15(9-11-22)18-17-19-16(23-20-17)14-6-4-3-5-7-14/h3-7,15H,8-13H2,1-2H3,(H,18,20). The molecule has 6 nitrogen and oxygen atoms in total. The summed E-state index contributed by atoms with van der Waals surface area (Å²) in [5, 5.41) is 7.45. The highest BCUT2D eigenvalue weighted by Gasteiger charge is 2.20. The molecule has 23 heavy (non-hydrogen) atoms. The number of nitrogens with one attached hydrogen (secondary N) is 1. The van der Waals surface area contributed by atoms with E-state index in [1.54, 1.807) is 0 Å². The third kappa shape index (κ3) is 4.53. The van der Waals surface area contributed by atoms with Crippen molar-refractivity contribution in [3.63, 3.8) is 0 Å². The van der Waals surface area contributed by atoms with Crippen LogP contribution in [0.2, 0.25) is 0 Å². The highest BCUT2D eigenvalue weighted by Crippen LogP contribution is 2.20. The van der Waals surface area contributed by atoms with Gasteiger partial charge in [0.05, 0.1) is 0 Å². The zero-order valence-corrected chi connectivity index (χ0v) is 13.9. The van der Waals surface area contributed by atoms with Gasteiger partial charge in [0.25, 0.3) is 11.8 Å².